The van der Waals surface area contributed by atoms with Crippen LogP contribution in [0.25, 0.3) is 11.0 Å². The van der Waals surface area contributed by atoms with E-state index in [0.29, 0.717) is 35.0 Å². The molecule has 0 N–H and O–H groups in total. The second-order valence-electron chi connectivity index (χ2n) is 8.25. The molecule has 0 aliphatic carbocycles. The van der Waals surface area contributed by atoms with Crippen molar-refractivity contribution in [1.29, 1.82) is 0 Å². The Morgan fingerprint density at radius 1 is 1.09 bits per heavy atom. The molecule has 2 aromatic heterocycles. The van der Waals surface area contributed by atoms with Crippen molar-refractivity contribution in [2.24, 2.45) is 5.92 Å². The molecule has 0 saturated carbocycles. The van der Waals surface area contributed by atoms with Crippen LogP contribution in [0.1, 0.15) is 36.2 Å². The summed E-state index contributed by atoms with van der Waals surface area (Å²) in [6.07, 6.45) is 2.06. The summed E-state index contributed by atoms with van der Waals surface area (Å²) in [6.45, 7) is 6.73. The molecular formula is C25H25N3O4S. The zero-order valence-corrected chi connectivity index (χ0v) is 19.8. The zero-order valence-electron chi connectivity index (χ0n) is 19.0. The second kappa shape index (κ2) is 9.54. The Bertz CT molecular complexity index is 1460. The summed E-state index contributed by atoms with van der Waals surface area (Å²) in [5.41, 5.74) is 2.35. The van der Waals surface area contributed by atoms with Gasteiger partial charge in [0, 0.05) is 6.42 Å². The summed E-state index contributed by atoms with van der Waals surface area (Å²) in [4.78, 5) is 29.8. The molecule has 2 heterocycles. The molecule has 0 fully saturated rings. The van der Waals surface area contributed by atoms with Crippen molar-refractivity contribution in [3.8, 4) is 11.5 Å². The normalized spacial score (nSPS) is 12.0. The van der Waals surface area contributed by atoms with Gasteiger partial charge in [0.1, 0.15) is 5.69 Å². The number of aromatic nitrogens is 3. The van der Waals surface area contributed by atoms with E-state index in [0.717, 1.165) is 28.0 Å². The lowest BCUT2D eigenvalue weighted by Crippen LogP contribution is -2.28. The van der Waals surface area contributed by atoms with E-state index in [-0.39, 0.29) is 16.2 Å². The monoisotopic (exact) mass is 463 g/mol. The largest absolute Gasteiger partial charge is 0.493 e. The highest BCUT2D eigenvalue weighted by Crippen LogP contribution is 2.28. The minimum atomic E-state index is -0.420. The number of benzene rings is 2. The average molecular weight is 464 g/mol. The molecule has 0 radical (unpaired) electrons. The Morgan fingerprint density at radius 3 is 2.55 bits per heavy atom. The summed E-state index contributed by atoms with van der Waals surface area (Å²) < 4.78 is 12.9. The smallest absolute Gasteiger partial charge is 0.296 e. The molecule has 7 nitrogen and oxygen atoms in total. The van der Waals surface area contributed by atoms with E-state index in [1.807, 2.05) is 49.4 Å². The number of aryl methyl sites for hydroxylation is 1. The van der Waals surface area contributed by atoms with E-state index < -0.39 is 5.56 Å². The molecule has 0 atom stereocenters. The summed E-state index contributed by atoms with van der Waals surface area (Å²) in [5, 5.41) is 4.32. The van der Waals surface area contributed by atoms with Crippen LogP contribution in [0.2, 0.25) is 0 Å². The van der Waals surface area contributed by atoms with E-state index in [4.69, 9.17) is 9.47 Å². The highest BCUT2D eigenvalue weighted by Gasteiger charge is 2.12. The first-order valence-corrected chi connectivity index (χ1v) is 11.5. The van der Waals surface area contributed by atoms with Gasteiger partial charge in [-0.05, 0) is 42.2 Å². The fourth-order valence-electron chi connectivity index (χ4n) is 3.25. The fraction of sp³-hybridized carbons (Fsp3) is 0.280. The van der Waals surface area contributed by atoms with Gasteiger partial charge in [0.25, 0.3) is 11.1 Å². The average Bonchev–Trinajstić information content (AvgIpc) is 3.08. The number of hydrogen-bond donors (Lipinski definition) is 0. The molecule has 0 saturated heterocycles. The van der Waals surface area contributed by atoms with Gasteiger partial charge in [-0.1, -0.05) is 61.1 Å². The zero-order chi connectivity index (χ0) is 23.5. The number of ether oxygens (including phenoxy) is 2. The molecule has 0 aliphatic heterocycles. The van der Waals surface area contributed by atoms with Crippen molar-refractivity contribution in [3.63, 3.8) is 0 Å². The quantitative estimate of drug-likeness (QED) is 0.419. The van der Waals surface area contributed by atoms with Gasteiger partial charge >= 0.3 is 0 Å². The molecule has 0 aliphatic rings. The second-order valence-corrected chi connectivity index (χ2v) is 9.26. The first-order valence-electron chi connectivity index (χ1n) is 10.6. The molecular weight excluding hydrogens is 438 g/mol. The number of fused-ring (bicyclic) bond motifs is 1. The lowest BCUT2D eigenvalue weighted by molar-refractivity contribution is 0.257. The predicted molar refractivity (Wildman–Crippen MR) is 130 cm³/mol. The van der Waals surface area contributed by atoms with Crippen LogP contribution in [0.4, 0.5) is 0 Å². The Hall–Kier alpha value is -3.52. The van der Waals surface area contributed by atoms with Crippen molar-refractivity contribution in [2.75, 3.05) is 13.7 Å². The van der Waals surface area contributed by atoms with Gasteiger partial charge in [-0.15, -0.1) is 0 Å². The number of hydrogen-bond acceptors (Lipinski definition) is 7. The molecule has 33 heavy (non-hydrogen) atoms. The SMILES string of the molecule is COc1cc(C=c2sc3nc(=O)c(Cc4ccc(C)cc4)nn3c2=O)ccc1OCC(C)C. The van der Waals surface area contributed by atoms with Gasteiger partial charge in [0.15, 0.2) is 11.5 Å². The predicted octanol–water partition coefficient (Wildman–Crippen LogP) is 3.00. The van der Waals surface area contributed by atoms with Crippen molar-refractivity contribution in [3.05, 3.63) is 90.1 Å². The van der Waals surface area contributed by atoms with Crippen LogP contribution in [-0.2, 0) is 6.42 Å². The first kappa shape index (κ1) is 22.7. The third-order valence-electron chi connectivity index (χ3n) is 5.00. The van der Waals surface area contributed by atoms with E-state index in [1.165, 1.54) is 4.52 Å². The first-order chi connectivity index (χ1) is 15.8. The maximum atomic E-state index is 13.0. The Kier molecular flexibility index (Phi) is 6.55. The maximum absolute atomic E-state index is 13.0. The lowest BCUT2D eigenvalue weighted by Gasteiger charge is -2.12. The molecule has 4 aromatic rings. The van der Waals surface area contributed by atoms with Gasteiger partial charge in [0.2, 0.25) is 4.96 Å². The number of methoxy groups -OCH3 is 1. The molecule has 2 aromatic carbocycles. The van der Waals surface area contributed by atoms with E-state index in [2.05, 4.69) is 23.9 Å². The highest BCUT2D eigenvalue weighted by molar-refractivity contribution is 7.15. The number of thiazole rings is 1. The standard InChI is InChI=1S/C25H25N3O4S/c1-15(2)14-32-20-10-9-18(12-21(20)31-4)13-22-24(30)28-25(33-22)26-23(29)19(27-28)11-17-7-5-16(3)6-8-17/h5-10,12-13,15H,11,14H2,1-4H3. The maximum Gasteiger partial charge on any atom is 0.296 e. The Balaban J connectivity index is 1.70. The van der Waals surface area contributed by atoms with Crippen LogP contribution in [0.3, 0.4) is 0 Å². The molecule has 0 bridgehead atoms. The summed E-state index contributed by atoms with van der Waals surface area (Å²) in [7, 11) is 1.58. The summed E-state index contributed by atoms with van der Waals surface area (Å²) >= 11 is 1.13. The van der Waals surface area contributed by atoms with Gasteiger partial charge in [-0.3, -0.25) is 9.59 Å². The van der Waals surface area contributed by atoms with Crippen LogP contribution in [0, 0.1) is 12.8 Å². The van der Waals surface area contributed by atoms with Crippen molar-refractivity contribution in [2.45, 2.75) is 27.2 Å². The summed E-state index contributed by atoms with van der Waals surface area (Å²) in [5.74, 6) is 1.63. The van der Waals surface area contributed by atoms with Crippen molar-refractivity contribution in [1.82, 2.24) is 14.6 Å². The van der Waals surface area contributed by atoms with Gasteiger partial charge < -0.3 is 9.47 Å². The number of rotatable bonds is 7. The molecule has 0 unspecified atom stereocenters. The molecule has 0 amide bonds. The van der Waals surface area contributed by atoms with E-state index in [1.54, 1.807) is 13.2 Å². The van der Waals surface area contributed by atoms with Crippen molar-refractivity contribution < 1.29 is 9.47 Å². The van der Waals surface area contributed by atoms with Crippen molar-refractivity contribution >= 4 is 22.4 Å². The third kappa shape index (κ3) is 5.12. The van der Waals surface area contributed by atoms with Crippen LogP contribution in [-0.4, -0.2) is 28.3 Å². The molecule has 170 valence electrons. The Morgan fingerprint density at radius 2 is 1.85 bits per heavy atom. The van der Waals surface area contributed by atoms with E-state index >= 15 is 0 Å². The van der Waals surface area contributed by atoms with Gasteiger partial charge in [-0.25, -0.2) is 0 Å². The van der Waals surface area contributed by atoms with Crippen LogP contribution >= 0.6 is 11.3 Å². The van der Waals surface area contributed by atoms with Crippen LogP contribution in [0.15, 0.2) is 52.1 Å². The molecule has 4 rings (SSSR count). The number of nitrogens with zero attached hydrogens (tertiary/aromatic N) is 3. The van der Waals surface area contributed by atoms with Crippen LogP contribution in [0.5, 0.6) is 11.5 Å². The lowest BCUT2D eigenvalue weighted by atomic mass is 10.1. The molecule has 8 heteroatoms. The highest BCUT2D eigenvalue weighted by atomic mass is 32.1. The molecule has 0 spiro atoms. The third-order valence-corrected chi connectivity index (χ3v) is 5.96. The minimum absolute atomic E-state index is 0.242. The van der Waals surface area contributed by atoms with Crippen LogP contribution < -0.4 is 25.1 Å². The minimum Gasteiger partial charge on any atom is -0.493 e. The Labute approximate surface area is 195 Å². The van der Waals surface area contributed by atoms with Gasteiger partial charge in [-0.2, -0.15) is 14.6 Å². The van der Waals surface area contributed by atoms with E-state index in [9.17, 15) is 9.59 Å². The fourth-order valence-corrected chi connectivity index (χ4v) is 4.16. The summed E-state index contributed by atoms with van der Waals surface area (Å²) in [6, 6.07) is 13.3. The topological polar surface area (TPSA) is 82.8 Å². The van der Waals surface area contributed by atoms with Gasteiger partial charge in [0.05, 0.1) is 18.2 Å².